The van der Waals surface area contributed by atoms with Crippen LogP contribution in [0.5, 0.6) is 5.75 Å². The Hall–Kier alpha value is -2.41. The molecule has 1 amide bonds. The molecule has 0 aromatic heterocycles. The fourth-order valence-electron chi connectivity index (χ4n) is 3.33. The molecule has 1 saturated heterocycles. The van der Waals surface area contributed by atoms with Crippen LogP contribution in [0.2, 0.25) is 0 Å². The maximum Gasteiger partial charge on any atom is 0.228 e. The zero-order valence-electron chi connectivity index (χ0n) is 19.4. The number of nitrogens with one attached hydrogen (secondary N) is 2. The van der Waals surface area contributed by atoms with Crippen LogP contribution in [0.25, 0.3) is 0 Å². The van der Waals surface area contributed by atoms with E-state index in [9.17, 15) is 4.79 Å². The smallest absolute Gasteiger partial charge is 0.228 e. The summed E-state index contributed by atoms with van der Waals surface area (Å²) >= 11 is 0. The highest BCUT2D eigenvalue weighted by atomic mass is 16.5. The van der Waals surface area contributed by atoms with E-state index >= 15 is 0 Å². The normalized spacial score (nSPS) is 15.6. The third kappa shape index (κ3) is 8.32. The summed E-state index contributed by atoms with van der Waals surface area (Å²) in [6.45, 7) is 6.41. The van der Waals surface area contributed by atoms with Crippen LogP contribution in [-0.4, -0.2) is 64.7 Å². The van der Waals surface area contributed by atoms with E-state index in [-0.39, 0.29) is 14.9 Å². The Morgan fingerprint density at radius 2 is 1.77 bits per heavy atom. The standard InChI is InChI=1S/C22H29N3O2.C3H9N.2H2/c1-23-13-11-21(18-7-4-3-5-8-18)27-20-10-6-9-19(17-20)25-16-15-24(2)14-12-22(25)26;1-3-4-2;;/h3-10,17,21,23H,11-16H2,1-2H3;4H,3H2,1-2H3;2*1H/t21-;;;/m0.../s1. The Balaban J connectivity index is 0.00000158. The number of hydrogen-bond acceptors (Lipinski definition) is 5. The molecule has 0 bridgehead atoms. The number of rotatable bonds is 8. The molecule has 1 fully saturated rings. The molecule has 31 heavy (non-hydrogen) atoms. The van der Waals surface area contributed by atoms with E-state index in [0.29, 0.717) is 13.0 Å². The quantitative estimate of drug-likeness (QED) is 0.667. The summed E-state index contributed by atoms with van der Waals surface area (Å²) in [5.41, 5.74) is 2.07. The fourth-order valence-corrected chi connectivity index (χ4v) is 3.33. The third-order valence-electron chi connectivity index (χ3n) is 5.30. The van der Waals surface area contributed by atoms with Gasteiger partial charge in [0, 0.05) is 47.1 Å². The summed E-state index contributed by atoms with van der Waals surface area (Å²) in [4.78, 5) is 16.6. The number of hydrogen-bond donors (Lipinski definition) is 2. The van der Waals surface area contributed by atoms with Gasteiger partial charge in [0.15, 0.2) is 0 Å². The van der Waals surface area contributed by atoms with Crippen LogP contribution < -0.4 is 20.3 Å². The first kappa shape index (κ1) is 24.9. The van der Waals surface area contributed by atoms with Crippen molar-refractivity contribution in [2.45, 2.75) is 25.9 Å². The minimum atomic E-state index is -0.0279. The number of anilines is 1. The molecule has 0 spiro atoms. The second-order valence-corrected chi connectivity index (χ2v) is 7.71. The van der Waals surface area contributed by atoms with Crippen LogP contribution in [0.4, 0.5) is 5.69 Å². The van der Waals surface area contributed by atoms with E-state index in [0.717, 1.165) is 49.6 Å². The summed E-state index contributed by atoms with van der Waals surface area (Å²) in [6, 6.07) is 18.2. The van der Waals surface area contributed by atoms with Gasteiger partial charge >= 0.3 is 0 Å². The molecule has 1 atom stereocenters. The SMILES string of the molecule is CCNC.CNCC[C@H](Oc1cccc(N2CCN(C)CCC2=O)c1)c1ccccc1.[HH].[HH]. The molecule has 1 aliphatic rings. The predicted molar refractivity (Wildman–Crippen MR) is 133 cm³/mol. The lowest BCUT2D eigenvalue weighted by Gasteiger charge is -2.23. The van der Waals surface area contributed by atoms with Crippen LogP contribution in [-0.2, 0) is 4.79 Å². The first-order valence-corrected chi connectivity index (χ1v) is 11.2. The van der Waals surface area contributed by atoms with Crippen molar-refractivity contribution < 1.29 is 12.4 Å². The molecular formula is C25H42N4O2. The highest BCUT2D eigenvalue weighted by Gasteiger charge is 2.21. The molecule has 0 unspecified atom stereocenters. The van der Waals surface area contributed by atoms with Crippen molar-refractivity contribution in [3.8, 4) is 5.75 Å². The molecule has 174 valence electrons. The van der Waals surface area contributed by atoms with Gasteiger partial charge in [0.2, 0.25) is 5.91 Å². The summed E-state index contributed by atoms with van der Waals surface area (Å²) in [5.74, 6) is 0.967. The largest absolute Gasteiger partial charge is 0.486 e. The van der Waals surface area contributed by atoms with Crippen LogP contribution in [0.15, 0.2) is 54.6 Å². The number of carbonyl (C=O) groups is 1. The van der Waals surface area contributed by atoms with Gasteiger partial charge < -0.3 is 25.2 Å². The lowest BCUT2D eigenvalue weighted by molar-refractivity contribution is -0.118. The Morgan fingerprint density at radius 1 is 1.03 bits per heavy atom. The van der Waals surface area contributed by atoms with Crippen molar-refractivity contribution in [1.29, 1.82) is 0 Å². The van der Waals surface area contributed by atoms with Crippen molar-refractivity contribution in [3.05, 3.63) is 60.2 Å². The number of likely N-dealkylation sites (N-methyl/N-ethyl adjacent to an activating group) is 1. The zero-order valence-corrected chi connectivity index (χ0v) is 19.4. The molecule has 0 saturated carbocycles. The Morgan fingerprint density at radius 3 is 2.45 bits per heavy atom. The van der Waals surface area contributed by atoms with Gasteiger partial charge in [-0.25, -0.2) is 0 Å². The Kier molecular flexibility index (Phi) is 11.1. The fraction of sp³-hybridized carbons (Fsp3) is 0.480. The highest BCUT2D eigenvalue weighted by molar-refractivity contribution is 5.93. The van der Waals surface area contributed by atoms with Gasteiger partial charge in [-0.2, -0.15) is 0 Å². The number of carbonyl (C=O) groups excluding carboxylic acids is 1. The van der Waals surface area contributed by atoms with E-state index in [4.69, 9.17) is 4.74 Å². The van der Waals surface area contributed by atoms with Crippen LogP contribution in [0.3, 0.4) is 0 Å². The molecule has 1 aliphatic heterocycles. The monoisotopic (exact) mass is 430 g/mol. The maximum absolute atomic E-state index is 12.5. The maximum atomic E-state index is 12.5. The lowest BCUT2D eigenvalue weighted by Crippen LogP contribution is -2.32. The number of nitrogens with zero attached hydrogens (tertiary/aromatic N) is 2. The summed E-state index contributed by atoms with van der Waals surface area (Å²) < 4.78 is 6.33. The van der Waals surface area contributed by atoms with E-state index in [1.54, 1.807) is 0 Å². The first-order valence-electron chi connectivity index (χ1n) is 11.2. The summed E-state index contributed by atoms with van der Waals surface area (Å²) in [7, 11) is 5.94. The molecule has 3 rings (SSSR count). The van der Waals surface area contributed by atoms with Gasteiger partial charge in [0.25, 0.3) is 0 Å². The van der Waals surface area contributed by atoms with Gasteiger partial charge in [-0.1, -0.05) is 43.3 Å². The molecular weight excluding hydrogens is 388 g/mol. The number of ether oxygens (including phenoxy) is 1. The van der Waals surface area contributed by atoms with Gasteiger partial charge in [-0.3, -0.25) is 4.79 Å². The minimum absolute atomic E-state index is 0. The summed E-state index contributed by atoms with van der Waals surface area (Å²) in [6.07, 6.45) is 1.40. The molecule has 2 N–H and O–H groups in total. The minimum Gasteiger partial charge on any atom is -0.486 e. The lowest BCUT2D eigenvalue weighted by atomic mass is 10.1. The average molecular weight is 431 g/mol. The molecule has 0 radical (unpaired) electrons. The number of benzene rings is 2. The van der Waals surface area contributed by atoms with Crippen molar-refractivity contribution in [2.24, 2.45) is 0 Å². The van der Waals surface area contributed by atoms with E-state index in [1.807, 2.05) is 61.5 Å². The van der Waals surface area contributed by atoms with Gasteiger partial charge in [0.1, 0.15) is 11.9 Å². The van der Waals surface area contributed by atoms with E-state index < -0.39 is 0 Å². The van der Waals surface area contributed by atoms with Crippen LogP contribution in [0, 0.1) is 0 Å². The second-order valence-electron chi connectivity index (χ2n) is 7.71. The summed E-state index contributed by atoms with van der Waals surface area (Å²) in [5, 5.41) is 6.13. The molecule has 0 aliphatic carbocycles. The van der Waals surface area contributed by atoms with Crippen molar-refractivity contribution >= 4 is 11.6 Å². The van der Waals surface area contributed by atoms with Crippen molar-refractivity contribution in [3.63, 3.8) is 0 Å². The third-order valence-corrected chi connectivity index (χ3v) is 5.30. The van der Waals surface area contributed by atoms with E-state index in [1.165, 1.54) is 0 Å². The van der Waals surface area contributed by atoms with E-state index in [2.05, 4.69) is 41.6 Å². The Bertz CT molecular complexity index is 778. The predicted octanol–water partition coefficient (Wildman–Crippen LogP) is 3.80. The molecule has 1 heterocycles. The molecule has 2 aromatic rings. The van der Waals surface area contributed by atoms with Crippen molar-refractivity contribution in [2.75, 3.05) is 58.8 Å². The molecule has 6 nitrogen and oxygen atoms in total. The van der Waals surface area contributed by atoms with Gasteiger partial charge in [-0.05, 0) is 51.9 Å². The molecule has 2 aromatic carbocycles. The zero-order chi connectivity index (χ0) is 22.5. The molecule has 6 heteroatoms. The number of amides is 1. The topological polar surface area (TPSA) is 56.8 Å². The van der Waals surface area contributed by atoms with Crippen LogP contribution >= 0.6 is 0 Å². The van der Waals surface area contributed by atoms with Crippen molar-refractivity contribution in [1.82, 2.24) is 15.5 Å². The first-order chi connectivity index (χ1) is 15.1. The Labute approximate surface area is 190 Å². The highest BCUT2D eigenvalue weighted by Crippen LogP contribution is 2.28. The second kappa shape index (κ2) is 13.8. The van der Waals surface area contributed by atoms with Gasteiger partial charge in [0.05, 0.1) is 0 Å². The van der Waals surface area contributed by atoms with Gasteiger partial charge in [-0.15, -0.1) is 0 Å². The van der Waals surface area contributed by atoms with Crippen LogP contribution in [0.1, 0.15) is 34.3 Å². The average Bonchev–Trinajstić information content (AvgIpc) is 2.98.